The number of hydrogen-bond donors (Lipinski definition) is 0. The summed E-state index contributed by atoms with van der Waals surface area (Å²) in [6.45, 7) is 8.34. The standard InChI is InChI=1S/C44H51N5O5/c1-31(2)54-36-12-9-10-32(26-36)27-41(50)48-25-20-44(30-48,34-15-16-39(52-3)40(28-34)53-4)19-24-47-22-17-33(18-23-47)42(51)43-46-37-13-5-6-14-38(37)49(43)29-35-11-7-8-21-45-35/h5-16,21,26,28,31,33H,17-20,22-25,27,29-30H2,1-4H3. The molecule has 1 amide bonds. The molecule has 10 nitrogen and oxygen atoms in total. The molecule has 0 N–H and O–H groups in total. The van der Waals surface area contributed by atoms with Crippen LogP contribution in [0.5, 0.6) is 17.2 Å². The molecule has 0 radical (unpaired) electrons. The Bertz CT molecular complexity index is 2070. The van der Waals surface area contributed by atoms with Crippen LogP contribution in [0.25, 0.3) is 11.0 Å². The van der Waals surface area contributed by atoms with Crippen LogP contribution in [-0.4, -0.2) is 89.1 Å². The molecule has 4 heterocycles. The second-order valence-electron chi connectivity index (χ2n) is 15.0. The number of amides is 1. The third kappa shape index (κ3) is 8.14. The summed E-state index contributed by atoms with van der Waals surface area (Å²) < 4.78 is 19.2. The maximum absolute atomic E-state index is 14.1. The number of imidazole rings is 1. The number of likely N-dealkylation sites (tertiary alicyclic amines) is 2. The predicted octanol–water partition coefficient (Wildman–Crippen LogP) is 6.98. The Morgan fingerprint density at radius 2 is 1.69 bits per heavy atom. The maximum atomic E-state index is 14.1. The SMILES string of the molecule is COc1ccc(C2(CCN3CCC(C(=O)c4nc5ccccc5n4Cc4ccccn4)CC3)CCN(C(=O)Cc3cccc(OC(C)C)c3)C2)cc1OC. The van der Waals surface area contributed by atoms with Crippen LogP contribution in [0.1, 0.15) is 67.0 Å². The van der Waals surface area contributed by atoms with E-state index in [0.29, 0.717) is 43.4 Å². The summed E-state index contributed by atoms with van der Waals surface area (Å²) in [4.78, 5) is 41.8. The Morgan fingerprint density at radius 1 is 0.889 bits per heavy atom. The predicted molar refractivity (Wildman–Crippen MR) is 210 cm³/mol. The van der Waals surface area contributed by atoms with Gasteiger partial charge in [0.1, 0.15) is 5.75 Å². The van der Waals surface area contributed by atoms with E-state index in [2.05, 4.69) is 22.0 Å². The molecule has 1 unspecified atom stereocenters. The lowest BCUT2D eigenvalue weighted by molar-refractivity contribution is -0.129. The topological polar surface area (TPSA) is 99.0 Å². The van der Waals surface area contributed by atoms with Gasteiger partial charge in [-0.1, -0.05) is 36.4 Å². The Morgan fingerprint density at radius 3 is 2.44 bits per heavy atom. The second-order valence-corrected chi connectivity index (χ2v) is 15.0. The molecule has 282 valence electrons. The van der Waals surface area contributed by atoms with E-state index in [1.807, 2.05) is 96.1 Å². The summed E-state index contributed by atoms with van der Waals surface area (Å²) in [5, 5.41) is 0. The number of nitrogens with zero attached hydrogens (tertiary/aromatic N) is 5. The average Bonchev–Trinajstić information content (AvgIpc) is 3.80. The first kappa shape index (κ1) is 37.1. The number of carbonyl (C=O) groups excluding carboxylic acids is 2. The number of ketones is 1. The highest BCUT2D eigenvalue weighted by molar-refractivity contribution is 5.98. The number of aromatic nitrogens is 3. The molecular weight excluding hydrogens is 679 g/mol. The van der Waals surface area contributed by atoms with Gasteiger partial charge in [-0.15, -0.1) is 0 Å². The minimum absolute atomic E-state index is 0.0653. The number of pyridine rings is 1. The number of ether oxygens (including phenoxy) is 3. The van der Waals surface area contributed by atoms with Gasteiger partial charge in [0.15, 0.2) is 17.3 Å². The van der Waals surface area contributed by atoms with Gasteiger partial charge in [-0.05, 0) is 119 Å². The second kappa shape index (κ2) is 16.4. The number of piperidine rings is 1. The van der Waals surface area contributed by atoms with Crippen molar-refractivity contribution in [1.29, 1.82) is 0 Å². The molecule has 0 bridgehead atoms. The molecule has 0 aliphatic carbocycles. The molecule has 2 aromatic heterocycles. The quantitative estimate of drug-likeness (QED) is 0.113. The molecule has 54 heavy (non-hydrogen) atoms. The Kier molecular flexibility index (Phi) is 11.3. The lowest BCUT2D eigenvalue weighted by atomic mass is 9.76. The Hall–Kier alpha value is -5.22. The van der Waals surface area contributed by atoms with Crippen molar-refractivity contribution in [3.05, 3.63) is 114 Å². The van der Waals surface area contributed by atoms with E-state index >= 15 is 0 Å². The lowest BCUT2D eigenvalue weighted by Gasteiger charge is -2.36. The van der Waals surface area contributed by atoms with Crippen LogP contribution in [0.3, 0.4) is 0 Å². The van der Waals surface area contributed by atoms with E-state index in [1.165, 1.54) is 0 Å². The first-order valence-corrected chi connectivity index (χ1v) is 19.1. The van der Waals surface area contributed by atoms with Gasteiger partial charge in [0.2, 0.25) is 11.7 Å². The van der Waals surface area contributed by atoms with Crippen molar-refractivity contribution in [2.75, 3.05) is 46.9 Å². The van der Waals surface area contributed by atoms with Gasteiger partial charge in [-0.3, -0.25) is 14.6 Å². The molecule has 10 heteroatoms. The number of para-hydroxylation sites is 2. The highest BCUT2D eigenvalue weighted by atomic mass is 16.5. The molecule has 0 spiro atoms. The summed E-state index contributed by atoms with van der Waals surface area (Å²) in [5.41, 5.74) is 4.52. The summed E-state index contributed by atoms with van der Waals surface area (Å²) in [7, 11) is 3.31. The minimum Gasteiger partial charge on any atom is -0.493 e. The van der Waals surface area contributed by atoms with E-state index < -0.39 is 0 Å². The van der Waals surface area contributed by atoms with Crippen LogP contribution >= 0.6 is 0 Å². The number of methoxy groups -OCH3 is 2. The molecule has 5 aromatic rings. The van der Waals surface area contributed by atoms with Gasteiger partial charge in [-0.2, -0.15) is 0 Å². The van der Waals surface area contributed by atoms with Gasteiger partial charge < -0.3 is 28.6 Å². The number of carbonyl (C=O) groups is 2. The van der Waals surface area contributed by atoms with Crippen LogP contribution in [0.2, 0.25) is 0 Å². The molecule has 7 rings (SSSR count). The number of hydrogen-bond acceptors (Lipinski definition) is 8. The molecule has 2 aliphatic heterocycles. The van der Waals surface area contributed by atoms with Crippen molar-refractivity contribution >= 4 is 22.7 Å². The van der Waals surface area contributed by atoms with Gasteiger partial charge in [0, 0.05) is 30.6 Å². The fraction of sp³-hybridized carbons (Fsp3) is 0.409. The zero-order valence-electron chi connectivity index (χ0n) is 31.9. The summed E-state index contributed by atoms with van der Waals surface area (Å²) >= 11 is 0. The van der Waals surface area contributed by atoms with E-state index in [1.54, 1.807) is 20.4 Å². The molecule has 3 aromatic carbocycles. The van der Waals surface area contributed by atoms with Crippen LogP contribution in [0, 0.1) is 5.92 Å². The third-order valence-corrected chi connectivity index (χ3v) is 11.1. The summed E-state index contributed by atoms with van der Waals surface area (Å²) in [6.07, 6.45) is 5.46. The highest BCUT2D eigenvalue weighted by Gasteiger charge is 2.42. The molecule has 0 saturated carbocycles. The van der Waals surface area contributed by atoms with E-state index in [0.717, 1.165) is 78.9 Å². The highest BCUT2D eigenvalue weighted by Crippen LogP contribution is 2.42. The van der Waals surface area contributed by atoms with Crippen molar-refractivity contribution < 1.29 is 23.8 Å². The van der Waals surface area contributed by atoms with Gasteiger partial charge in [0.25, 0.3) is 0 Å². The Labute approximate surface area is 318 Å². The van der Waals surface area contributed by atoms with Crippen LogP contribution in [0.4, 0.5) is 0 Å². The monoisotopic (exact) mass is 729 g/mol. The summed E-state index contributed by atoms with van der Waals surface area (Å²) in [6, 6.07) is 27.8. The lowest BCUT2D eigenvalue weighted by Crippen LogP contribution is -2.41. The molecule has 1 atom stereocenters. The van der Waals surface area contributed by atoms with Crippen LogP contribution in [0.15, 0.2) is 91.1 Å². The van der Waals surface area contributed by atoms with Crippen LogP contribution in [-0.2, 0) is 23.2 Å². The number of fused-ring (bicyclic) bond motifs is 1. The first-order chi connectivity index (χ1) is 26.2. The summed E-state index contributed by atoms with van der Waals surface area (Å²) in [5.74, 6) is 2.81. The molecule has 2 aliphatic rings. The van der Waals surface area contributed by atoms with Crippen LogP contribution < -0.4 is 14.2 Å². The first-order valence-electron chi connectivity index (χ1n) is 19.1. The fourth-order valence-electron chi connectivity index (χ4n) is 8.17. The molecular formula is C44H51N5O5. The smallest absolute Gasteiger partial charge is 0.227 e. The Balaban J connectivity index is 1.04. The third-order valence-electron chi connectivity index (χ3n) is 11.1. The molecule has 2 fully saturated rings. The zero-order valence-corrected chi connectivity index (χ0v) is 31.9. The van der Waals surface area contributed by atoms with Gasteiger partial charge in [0.05, 0.1) is 50.0 Å². The van der Waals surface area contributed by atoms with Gasteiger partial charge >= 0.3 is 0 Å². The minimum atomic E-state index is -0.249. The number of benzene rings is 3. The van der Waals surface area contributed by atoms with Crippen molar-refractivity contribution in [3.8, 4) is 17.2 Å². The fourth-order valence-corrected chi connectivity index (χ4v) is 8.17. The van der Waals surface area contributed by atoms with E-state index in [-0.39, 0.29) is 29.1 Å². The normalized spacial score (nSPS) is 18.0. The van der Waals surface area contributed by atoms with Gasteiger partial charge in [-0.25, -0.2) is 4.98 Å². The van der Waals surface area contributed by atoms with Crippen molar-refractivity contribution in [1.82, 2.24) is 24.3 Å². The number of Topliss-reactive ketones (excluding diaryl/α,β-unsaturated/α-hetero) is 1. The molecule has 2 saturated heterocycles. The van der Waals surface area contributed by atoms with E-state index in [9.17, 15) is 9.59 Å². The van der Waals surface area contributed by atoms with Crippen molar-refractivity contribution in [2.24, 2.45) is 5.92 Å². The maximum Gasteiger partial charge on any atom is 0.227 e. The average molecular weight is 730 g/mol. The van der Waals surface area contributed by atoms with Crippen molar-refractivity contribution in [3.63, 3.8) is 0 Å². The van der Waals surface area contributed by atoms with E-state index in [4.69, 9.17) is 19.2 Å². The number of rotatable bonds is 14. The zero-order chi connectivity index (χ0) is 37.7. The van der Waals surface area contributed by atoms with Crippen molar-refractivity contribution in [2.45, 2.75) is 64.0 Å². The largest absolute Gasteiger partial charge is 0.493 e.